The predicted molar refractivity (Wildman–Crippen MR) is 134 cm³/mol. The van der Waals surface area contributed by atoms with Crippen LogP contribution in [0.25, 0.3) is 0 Å². The molecule has 0 aliphatic heterocycles. The van der Waals surface area contributed by atoms with Crippen molar-refractivity contribution >= 4 is 18.7 Å². The van der Waals surface area contributed by atoms with Crippen molar-refractivity contribution in [2.45, 2.75) is 60.1 Å². The van der Waals surface area contributed by atoms with Crippen molar-refractivity contribution in [1.82, 2.24) is 0 Å². The van der Waals surface area contributed by atoms with Gasteiger partial charge in [0.25, 0.3) is 0 Å². The van der Waals surface area contributed by atoms with E-state index in [1.807, 2.05) is 0 Å². The summed E-state index contributed by atoms with van der Waals surface area (Å²) >= 11 is 0. The maximum absolute atomic E-state index is 10.7. The van der Waals surface area contributed by atoms with E-state index >= 15 is 0 Å². The second-order valence-corrected chi connectivity index (χ2v) is 11.9. The molecule has 35 heavy (non-hydrogen) atoms. The van der Waals surface area contributed by atoms with Gasteiger partial charge in [-0.05, 0) is 55.0 Å². The molecular weight excluding hydrogens is 505 g/mol. The predicted octanol–water partition coefficient (Wildman–Crippen LogP) is 10.9. The summed E-state index contributed by atoms with van der Waals surface area (Å²) in [5.74, 6) is 0.974. The minimum atomic E-state index is -10.7. The Balaban J connectivity index is 0.000000540. The van der Waals surface area contributed by atoms with Crippen LogP contribution in [0.5, 0.6) is 5.75 Å². The van der Waals surface area contributed by atoms with Gasteiger partial charge in [-0.2, -0.15) is 0 Å². The van der Waals surface area contributed by atoms with Crippen molar-refractivity contribution in [2.24, 2.45) is 0 Å². The summed E-state index contributed by atoms with van der Waals surface area (Å²) in [5, 5.41) is 0. The standard InChI is InChI=1S/C26H31OS.F6P/c1-2-3-4-5-6-13-22-27-23-18-20-26(21-19-23)28(24-14-9-7-10-15-24)25-16-11-8-12-17-25;1-7(2,3,4,5)6/h7-12,14-21H,2-6,13,22H2,1H3;/q+1;-1. The van der Waals surface area contributed by atoms with E-state index in [2.05, 4.69) is 91.9 Å². The SMILES string of the molecule is CCCCCCCCOc1ccc([S+](c2ccccc2)c2ccccc2)cc1.F[P-](F)(F)(F)(F)F. The number of unbranched alkanes of at least 4 members (excludes halogenated alkanes) is 5. The molecule has 1 nitrogen and oxygen atoms in total. The Morgan fingerprint density at radius 2 is 0.971 bits per heavy atom. The van der Waals surface area contributed by atoms with Crippen LogP contribution in [0.3, 0.4) is 0 Å². The second-order valence-electron chi connectivity index (χ2n) is 7.98. The van der Waals surface area contributed by atoms with E-state index in [0.29, 0.717) is 0 Å². The van der Waals surface area contributed by atoms with E-state index in [4.69, 9.17) is 4.74 Å². The summed E-state index contributed by atoms with van der Waals surface area (Å²) in [6.45, 7) is 3.07. The Labute approximate surface area is 206 Å². The Morgan fingerprint density at radius 1 is 0.571 bits per heavy atom. The van der Waals surface area contributed by atoms with E-state index in [9.17, 15) is 25.2 Å². The number of hydrogen-bond donors (Lipinski definition) is 0. The Morgan fingerprint density at radius 3 is 1.43 bits per heavy atom. The first-order chi connectivity index (χ1) is 16.3. The molecule has 194 valence electrons. The molecular formula is C26H31F6OPS. The Kier molecular flexibility index (Phi) is 10.1. The first kappa shape index (κ1) is 29.1. The van der Waals surface area contributed by atoms with Gasteiger partial charge in [-0.3, -0.25) is 0 Å². The first-order valence-electron chi connectivity index (χ1n) is 11.5. The van der Waals surface area contributed by atoms with Crippen molar-refractivity contribution in [3.8, 4) is 5.75 Å². The summed E-state index contributed by atoms with van der Waals surface area (Å²) in [6, 6.07) is 30.2. The second kappa shape index (κ2) is 12.2. The third-order valence-corrected chi connectivity index (χ3v) is 7.01. The van der Waals surface area contributed by atoms with E-state index in [0.717, 1.165) is 18.8 Å². The molecule has 0 aromatic heterocycles. The maximum atomic E-state index is 9.87. The zero-order valence-electron chi connectivity index (χ0n) is 19.6. The van der Waals surface area contributed by atoms with Crippen molar-refractivity contribution in [2.75, 3.05) is 6.61 Å². The fourth-order valence-corrected chi connectivity index (χ4v) is 5.35. The molecule has 0 saturated carbocycles. The van der Waals surface area contributed by atoms with Crippen LogP contribution in [0.4, 0.5) is 25.2 Å². The number of benzene rings is 3. The third kappa shape index (κ3) is 14.1. The Hall–Kier alpha value is -2.18. The number of ether oxygens (including phenoxy) is 1. The molecule has 0 amide bonds. The van der Waals surface area contributed by atoms with E-state index in [1.54, 1.807) is 0 Å². The molecule has 3 rings (SSSR count). The van der Waals surface area contributed by atoms with Gasteiger partial charge in [0.15, 0.2) is 14.7 Å². The number of rotatable bonds is 11. The molecule has 0 aliphatic rings. The van der Waals surface area contributed by atoms with Gasteiger partial charge < -0.3 is 4.74 Å². The molecule has 0 atom stereocenters. The first-order valence-corrected chi connectivity index (χ1v) is 14.7. The molecule has 0 saturated heterocycles. The summed E-state index contributed by atoms with van der Waals surface area (Å²) < 4.78 is 65.2. The van der Waals surface area contributed by atoms with Crippen LogP contribution in [0.2, 0.25) is 0 Å². The molecule has 3 aromatic carbocycles. The summed E-state index contributed by atoms with van der Waals surface area (Å²) in [7, 11) is -10.7. The normalized spacial score (nSPS) is 13.4. The van der Waals surface area contributed by atoms with Gasteiger partial charge in [-0.15, -0.1) is 0 Å². The molecule has 0 unspecified atom stereocenters. The van der Waals surface area contributed by atoms with Crippen molar-refractivity contribution in [1.29, 1.82) is 0 Å². The topological polar surface area (TPSA) is 9.23 Å². The number of halogens is 6. The van der Waals surface area contributed by atoms with Gasteiger partial charge in [0.1, 0.15) is 5.75 Å². The van der Waals surface area contributed by atoms with Crippen LogP contribution < -0.4 is 4.74 Å². The van der Waals surface area contributed by atoms with Crippen LogP contribution >= 0.6 is 7.81 Å². The average molecular weight is 537 g/mol. The zero-order chi connectivity index (χ0) is 25.9. The monoisotopic (exact) mass is 536 g/mol. The quantitative estimate of drug-likeness (QED) is 0.102. The van der Waals surface area contributed by atoms with Crippen LogP contribution in [0.1, 0.15) is 45.4 Å². The van der Waals surface area contributed by atoms with Crippen molar-refractivity contribution < 1.29 is 29.9 Å². The molecule has 9 heteroatoms. The third-order valence-electron chi connectivity index (χ3n) is 4.78. The average Bonchev–Trinajstić information content (AvgIpc) is 2.79. The van der Waals surface area contributed by atoms with Crippen LogP contribution in [0, 0.1) is 0 Å². The van der Waals surface area contributed by atoms with E-state index in [-0.39, 0.29) is 10.9 Å². The van der Waals surface area contributed by atoms with Gasteiger partial charge in [-0.1, -0.05) is 75.4 Å². The fourth-order valence-electron chi connectivity index (χ4n) is 3.27. The van der Waals surface area contributed by atoms with Crippen molar-refractivity contribution in [3.63, 3.8) is 0 Å². The molecule has 3 aromatic rings. The zero-order valence-corrected chi connectivity index (χ0v) is 21.3. The van der Waals surface area contributed by atoms with Gasteiger partial charge in [0, 0.05) is 0 Å². The van der Waals surface area contributed by atoms with E-state index < -0.39 is 7.81 Å². The van der Waals surface area contributed by atoms with E-state index in [1.165, 1.54) is 46.8 Å². The molecule has 0 bridgehead atoms. The molecule has 0 heterocycles. The van der Waals surface area contributed by atoms with Crippen LogP contribution in [-0.2, 0) is 10.9 Å². The molecule has 0 fully saturated rings. The van der Waals surface area contributed by atoms with Crippen molar-refractivity contribution in [3.05, 3.63) is 84.9 Å². The van der Waals surface area contributed by atoms with Crippen LogP contribution in [0.15, 0.2) is 99.6 Å². The summed E-state index contributed by atoms with van der Waals surface area (Å²) in [6.07, 6.45) is 7.75. The van der Waals surface area contributed by atoms with Crippen LogP contribution in [-0.4, -0.2) is 6.61 Å². The van der Waals surface area contributed by atoms with Gasteiger partial charge in [-0.25, -0.2) is 0 Å². The van der Waals surface area contributed by atoms with Gasteiger partial charge >= 0.3 is 33.0 Å². The molecule has 0 spiro atoms. The summed E-state index contributed by atoms with van der Waals surface area (Å²) in [5.41, 5.74) is 0. The minimum absolute atomic E-state index is 0.0906. The fraction of sp³-hybridized carbons (Fsp3) is 0.308. The van der Waals surface area contributed by atoms with Gasteiger partial charge in [0.05, 0.1) is 17.5 Å². The summed E-state index contributed by atoms with van der Waals surface area (Å²) in [4.78, 5) is 4.01. The Bertz CT molecular complexity index is 947. The molecule has 0 N–H and O–H groups in total. The number of hydrogen-bond acceptors (Lipinski definition) is 1. The molecule has 0 radical (unpaired) electrons. The van der Waals surface area contributed by atoms with Gasteiger partial charge in [0.2, 0.25) is 0 Å². The molecule has 0 aliphatic carbocycles.